The van der Waals surface area contributed by atoms with Crippen LogP contribution >= 0.6 is 11.6 Å². The predicted molar refractivity (Wildman–Crippen MR) is 77.8 cm³/mol. The summed E-state index contributed by atoms with van der Waals surface area (Å²) in [5.41, 5.74) is 2.06. The molecule has 0 aliphatic carbocycles. The van der Waals surface area contributed by atoms with Crippen LogP contribution in [0.3, 0.4) is 0 Å². The fourth-order valence-corrected chi connectivity index (χ4v) is 2.25. The second-order valence-corrected chi connectivity index (χ2v) is 5.16. The molecule has 0 N–H and O–H groups in total. The smallest absolute Gasteiger partial charge is 0.135 e. The maximum Gasteiger partial charge on any atom is 0.135 e. The third-order valence-electron chi connectivity index (χ3n) is 3.17. The molecule has 2 unspecified atom stereocenters. The first-order valence-electron chi connectivity index (χ1n) is 6.63. The number of rotatable bonds is 3. The largest absolute Gasteiger partial charge is 0.490 e. The highest BCUT2D eigenvalue weighted by atomic mass is 35.5. The number of benzene rings is 1. The minimum absolute atomic E-state index is 0.199. The van der Waals surface area contributed by atoms with Crippen LogP contribution in [0.25, 0.3) is 0 Å². The molecule has 1 saturated heterocycles. The Hall–Kier alpha value is -1.17. The molecule has 0 bridgehead atoms. The average molecular weight is 279 g/mol. The van der Waals surface area contributed by atoms with Crippen LogP contribution in [-0.2, 0) is 4.74 Å². The number of ether oxygens (including phenoxy) is 2. The van der Waals surface area contributed by atoms with Crippen molar-refractivity contribution >= 4 is 11.6 Å². The number of hydrogen-bond donors (Lipinski definition) is 0. The molecule has 1 heterocycles. The van der Waals surface area contributed by atoms with Crippen LogP contribution in [-0.4, -0.2) is 24.7 Å². The SMILES string of the molecule is Cc1ccc(OCC2CCC(C)O2)c(C#CCCl)c1. The van der Waals surface area contributed by atoms with Crippen LogP contribution in [0.2, 0.25) is 0 Å². The van der Waals surface area contributed by atoms with E-state index >= 15 is 0 Å². The Morgan fingerprint density at radius 3 is 2.95 bits per heavy atom. The molecule has 2 nitrogen and oxygen atoms in total. The van der Waals surface area contributed by atoms with Crippen LogP contribution in [0.5, 0.6) is 5.75 Å². The zero-order valence-corrected chi connectivity index (χ0v) is 12.2. The summed E-state index contributed by atoms with van der Waals surface area (Å²) in [4.78, 5) is 0. The van der Waals surface area contributed by atoms with Gasteiger partial charge < -0.3 is 9.47 Å². The van der Waals surface area contributed by atoms with E-state index in [4.69, 9.17) is 21.1 Å². The quantitative estimate of drug-likeness (QED) is 0.622. The standard InChI is InChI=1S/C16H19ClO2/c1-12-5-8-16(14(10-12)4-3-9-17)18-11-15-7-6-13(2)19-15/h5,8,10,13,15H,6-7,9,11H2,1-2H3. The Kier molecular flexibility index (Phi) is 5.13. The van der Waals surface area contributed by atoms with Crippen molar-refractivity contribution in [2.75, 3.05) is 12.5 Å². The van der Waals surface area contributed by atoms with Gasteiger partial charge in [0.15, 0.2) is 0 Å². The molecule has 0 spiro atoms. The minimum atomic E-state index is 0.199. The molecule has 1 aliphatic heterocycles. The molecule has 0 amide bonds. The average Bonchev–Trinajstić information content (AvgIpc) is 2.81. The highest BCUT2D eigenvalue weighted by molar-refractivity contribution is 6.19. The Balaban J connectivity index is 2.02. The van der Waals surface area contributed by atoms with Crippen molar-refractivity contribution in [1.29, 1.82) is 0 Å². The number of hydrogen-bond acceptors (Lipinski definition) is 2. The molecule has 102 valence electrons. The molecule has 3 heteroatoms. The van der Waals surface area contributed by atoms with Crippen molar-refractivity contribution in [3.63, 3.8) is 0 Å². The third-order valence-corrected chi connectivity index (χ3v) is 3.30. The van der Waals surface area contributed by atoms with E-state index in [1.807, 2.05) is 25.1 Å². The van der Waals surface area contributed by atoms with Crippen LogP contribution in [0.4, 0.5) is 0 Å². The van der Waals surface area contributed by atoms with E-state index in [1.165, 1.54) is 0 Å². The van der Waals surface area contributed by atoms with Gasteiger partial charge in [0.25, 0.3) is 0 Å². The molecule has 1 aliphatic rings. The molecule has 0 aromatic heterocycles. The van der Waals surface area contributed by atoms with Crippen molar-refractivity contribution in [3.05, 3.63) is 29.3 Å². The van der Waals surface area contributed by atoms with Crippen molar-refractivity contribution in [1.82, 2.24) is 0 Å². The zero-order chi connectivity index (χ0) is 13.7. The van der Waals surface area contributed by atoms with E-state index < -0.39 is 0 Å². The molecular weight excluding hydrogens is 260 g/mol. The molecule has 1 aromatic rings. The monoisotopic (exact) mass is 278 g/mol. The maximum atomic E-state index is 5.85. The van der Waals surface area contributed by atoms with E-state index in [2.05, 4.69) is 18.8 Å². The Morgan fingerprint density at radius 1 is 1.42 bits per heavy atom. The van der Waals surface area contributed by atoms with E-state index in [1.54, 1.807) is 0 Å². The summed E-state index contributed by atoms with van der Waals surface area (Å²) >= 11 is 5.61. The van der Waals surface area contributed by atoms with Gasteiger partial charge in [0, 0.05) is 0 Å². The zero-order valence-electron chi connectivity index (χ0n) is 11.4. The van der Waals surface area contributed by atoms with Crippen LogP contribution in [0.15, 0.2) is 18.2 Å². The lowest BCUT2D eigenvalue weighted by Gasteiger charge is -2.14. The fraction of sp³-hybridized carbons (Fsp3) is 0.500. The van der Waals surface area contributed by atoms with Gasteiger partial charge in [0.05, 0.1) is 23.7 Å². The lowest BCUT2D eigenvalue weighted by atomic mass is 10.1. The summed E-state index contributed by atoms with van der Waals surface area (Å²) < 4.78 is 11.6. The molecule has 0 radical (unpaired) electrons. The molecule has 0 saturated carbocycles. The van der Waals surface area contributed by atoms with Gasteiger partial charge in [-0.15, -0.1) is 11.6 Å². The van der Waals surface area contributed by atoms with Gasteiger partial charge in [-0.1, -0.05) is 17.9 Å². The summed E-state index contributed by atoms with van der Waals surface area (Å²) in [6, 6.07) is 6.01. The first-order chi connectivity index (χ1) is 9.19. The van der Waals surface area contributed by atoms with E-state index in [0.717, 1.165) is 29.7 Å². The van der Waals surface area contributed by atoms with Gasteiger partial charge in [-0.25, -0.2) is 0 Å². The normalized spacial score (nSPS) is 21.8. The third kappa shape index (κ3) is 4.16. The van der Waals surface area contributed by atoms with Crippen molar-refractivity contribution in [3.8, 4) is 17.6 Å². The Morgan fingerprint density at radius 2 is 2.26 bits per heavy atom. The summed E-state index contributed by atoms with van der Waals surface area (Å²) in [5, 5.41) is 0. The van der Waals surface area contributed by atoms with Crippen molar-refractivity contribution < 1.29 is 9.47 Å². The molecule has 1 aromatic carbocycles. The maximum absolute atomic E-state index is 5.85. The lowest BCUT2D eigenvalue weighted by molar-refractivity contribution is 0.0264. The van der Waals surface area contributed by atoms with Crippen molar-refractivity contribution in [2.24, 2.45) is 0 Å². The minimum Gasteiger partial charge on any atom is -0.490 e. The van der Waals surface area contributed by atoms with E-state index in [0.29, 0.717) is 18.6 Å². The first-order valence-corrected chi connectivity index (χ1v) is 7.16. The second kappa shape index (κ2) is 6.84. The summed E-state index contributed by atoms with van der Waals surface area (Å²) in [6.07, 6.45) is 2.73. The Labute approximate surface area is 120 Å². The molecule has 19 heavy (non-hydrogen) atoms. The first kappa shape index (κ1) is 14.2. The summed E-state index contributed by atoms with van der Waals surface area (Å²) in [5.74, 6) is 7.05. The van der Waals surface area contributed by atoms with E-state index in [-0.39, 0.29) is 6.10 Å². The highest BCUT2D eigenvalue weighted by Gasteiger charge is 2.22. The van der Waals surface area contributed by atoms with Gasteiger partial charge in [0.2, 0.25) is 0 Å². The van der Waals surface area contributed by atoms with Crippen LogP contribution < -0.4 is 4.74 Å². The number of halogens is 1. The van der Waals surface area contributed by atoms with Crippen molar-refractivity contribution in [2.45, 2.75) is 38.9 Å². The molecular formula is C16H19ClO2. The van der Waals surface area contributed by atoms with Crippen LogP contribution in [0.1, 0.15) is 30.9 Å². The summed E-state index contributed by atoms with van der Waals surface area (Å²) in [6.45, 7) is 4.73. The highest BCUT2D eigenvalue weighted by Crippen LogP contribution is 2.23. The number of aryl methyl sites for hydroxylation is 1. The topological polar surface area (TPSA) is 18.5 Å². The number of alkyl halides is 1. The van der Waals surface area contributed by atoms with Gasteiger partial charge >= 0.3 is 0 Å². The summed E-state index contributed by atoms with van der Waals surface area (Å²) in [7, 11) is 0. The van der Waals surface area contributed by atoms with Gasteiger partial charge in [0.1, 0.15) is 12.4 Å². The van der Waals surface area contributed by atoms with Gasteiger partial charge in [-0.2, -0.15) is 0 Å². The molecule has 2 atom stereocenters. The van der Waals surface area contributed by atoms with E-state index in [9.17, 15) is 0 Å². The van der Waals surface area contributed by atoms with Gasteiger partial charge in [-0.05, 0) is 44.4 Å². The predicted octanol–water partition coefficient (Wildman–Crippen LogP) is 3.53. The fourth-order valence-electron chi connectivity index (χ4n) is 2.19. The van der Waals surface area contributed by atoms with Crippen LogP contribution in [0, 0.1) is 18.8 Å². The van der Waals surface area contributed by atoms with Gasteiger partial charge in [-0.3, -0.25) is 0 Å². The Bertz CT molecular complexity index is 487. The molecule has 2 rings (SSSR count). The molecule has 1 fully saturated rings. The lowest BCUT2D eigenvalue weighted by Crippen LogP contribution is -2.18. The second-order valence-electron chi connectivity index (χ2n) is 4.89.